The number of likely N-dealkylation sites (N-methyl/N-ethyl adjacent to an activating group) is 1. The van der Waals surface area contributed by atoms with Gasteiger partial charge in [0, 0.05) is 37.9 Å². The highest BCUT2D eigenvalue weighted by molar-refractivity contribution is 5.43. The first-order valence-corrected chi connectivity index (χ1v) is 7.83. The molecule has 2 N–H and O–H groups in total. The van der Waals surface area contributed by atoms with Crippen molar-refractivity contribution in [1.29, 1.82) is 0 Å². The number of pyridine rings is 1. The number of piperazine rings is 1. The summed E-state index contributed by atoms with van der Waals surface area (Å²) in [6.45, 7) is 8.28. The molecule has 0 radical (unpaired) electrons. The molecule has 1 aliphatic rings. The number of nitrogens with two attached hydrogens (primary N) is 1. The Hall–Kier alpha value is -1.13. The fourth-order valence-corrected chi connectivity index (χ4v) is 2.89. The van der Waals surface area contributed by atoms with E-state index in [-0.39, 0.29) is 0 Å². The van der Waals surface area contributed by atoms with Crippen molar-refractivity contribution >= 4 is 5.82 Å². The van der Waals surface area contributed by atoms with Gasteiger partial charge in [-0.2, -0.15) is 0 Å². The lowest BCUT2D eigenvalue weighted by atomic mass is 10.1. The third-order valence-corrected chi connectivity index (χ3v) is 4.24. The fourth-order valence-electron chi connectivity index (χ4n) is 2.89. The highest BCUT2D eigenvalue weighted by atomic mass is 15.3. The average Bonchev–Trinajstić information content (AvgIpc) is 2.47. The van der Waals surface area contributed by atoms with Crippen LogP contribution in [0.4, 0.5) is 5.82 Å². The van der Waals surface area contributed by atoms with Gasteiger partial charge in [-0.3, -0.25) is 4.90 Å². The Morgan fingerprint density at radius 1 is 1.30 bits per heavy atom. The minimum absolute atomic E-state index is 0.594. The Morgan fingerprint density at radius 3 is 2.75 bits per heavy atom. The molecule has 1 saturated heterocycles. The summed E-state index contributed by atoms with van der Waals surface area (Å²) in [5, 5.41) is 0. The summed E-state index contributed by atoms with van der Waals surface area (Å²) < 4.78 is 0. The van der Waals surface area contributed by atoms with Crippen LogP contribution in [0.2, 0.25) is 0 Å². The molecule has 1 aromatic heterocycles. The number of rotatable bonds is 5. The molecule has 20 heavy (non-hydrogen) atoms. The quantitative estimate of drug-likeness (QED) is 0.894. The smallest absolute Gasteiger partial charge is 0.129 e. The topological polar surface area (TPSA) is 45.4 Å². The maximum Gasteiger partial charge on any atom is 0.129 e. The zero-order valence-corrected chi connectivity index (χ0v) is 13.1. The van der Waals surface area contributed by atoms with E-state index in [1.165, 1.54) is 17.7 Å². The first kappa shape index (κ1) is 15.3. The molecule has 0 bridgehead atoms. The highest BCUT2D eigenvalue weighted by Crippen LogP contribution is 2.20. The second kappa shape index (κ2) is 7.04. The lowest BCUT2D eigenvalue weighted by molar-refractivity contribution is 0.213. The third kappa shape index (κ3) is 3.49. The summed E-state index contributed by atoms with van der Waals surface area (Å²) >= 11 is 0. The van der Waals surface area contributed by atoms with Crippen molar-refractivity contribution in [1.82, 2.24) is 9.88 Å². The lowest BCUT2D eigenvalue weighted by Gasteiger charge is -2.40. The zero-order valence-electron chi connectivity index (χ0n) is 13.1. The number of nitrogens with zero attached hydrogens (tertiary/aromatic N) is 3. The van der Waals surface area contributed by atoms with Crippen LogP contribution in [0.3, 0.4) is 0 Å². The second-order valence-electron chi connectivity index (χ2n) is 5.77. The van der Waals surface area contributed by atoms with Crippen LogP contribution in [-0.4, -0.2) is 42.6 Å². The van der Waals surface area contributed by atoms with E-state index in [9.17, 15) is 0 Å². The van der Waals surface area contributed by atoms with Gasteiger partial charge in [0.25, 0.3) is 0 Å². The van der Waals surface area contributed by atoms with E-state index in [2.05, 4.69) is 42.8 Å². The predicted octanol–water partition coefficient (Wildman–Crippen LogP) is 2.02. The molecule has 112 valence electrons. The monoisotopic (exact) mass is 276 g/mol. The first-order valence-electron chi connectivity index (χ1n) is 7.83. The van der Waals surface area contributed by atoms with Gasteiger partial charge < -0.3 is 10.6 Å². The lowest BCUT2D eigenvalue weighted by Crippen LogP contribution is -2.51. The van der Waals surface area contributed by atoms with Crippen LogP contribution >= 0.6 is 0 Å². The second-order valence-corrected chi connectivity index (χ2v) is 5.77. The van der Waals surface area contributed by atoms with E-state index < -0.39 is 0 Å². The molecule has 1 aliphatic heterocycles. The van der Waals surface area contributed by atoms with Crippen molar-refractivity contribution in [2.24, 2.45) is 5.73 Å². The van der Waals surface area contributed by atoms with Gasteiger partial charge in [0.15, 0.2) is 0 Å². The first-order chi connectivity index (χ1) is 9.67. The third-order valence-electron chi connectivity index (χ3n) is 4.24. The molecule has 0 saturated carbocycles. The number of aryl methyl sites for hydroxylation is 1. The largest absolute Gasteiger partial charge is 0.354 e. The van der Waals surface area contributed by atoms with Gasteiger partial charge in [-0.1, -0.05) is 20.3 Å². The molecular weight excluding hydrogens is 248 g/mol. The summed E-state index contributed by atoms with van der Waals surface area (Å²) in [5.41, 5.74) is 8.21. The van der Waals surface area contributed by atoms with Gasteiger partial charge >= 0.3 is 0 Å². The molecule has 1 unspecified atom stereocenters. The molecular formula is C16H28N4. The van der Waals surface area contributed by atoms with Crippen molar-refractivity contribution in [3.63, 3.8) is 0 Å². The van der Waals surface area contributed by atoms with Crippen LogP contribution in [0.15, 0.2) is 12.1 Å². The van der Waals surface area contributed by atoms with Gasteiger partial charge in [0.1, 0.15) is 5.82 Å². The van der Waals surface area contributed by atoms with E-state index in [1.54, 1.807) is 0 Å². The van der Waals surface area contributed by atoms with E-state index in [0.717, 1.165) is 38.3 Å². The van der Waals surface area contributed by atoms with Crippen LogP contribution in [0.5, 0.6) is 0 Å². The maximum atomic E-state index is 5.83. The van der Waals surface area contributed by atoms with Crippen molar-refractivity contribution in [3.8, 4) is 0 Å². The molecule has 4 heteroatoms. The molecule has 4 nitrogen and oxygen atoms in total. The normalized spacial score (nSPS) is 20.4. The van der Waals surface area contributed by atoms with Crippen LogP contribution in [0.25, 0.3) is 0 Å². The van der Waals surface area contributed by atoms with Crippen LogP contribution in [0, 0.1) is 0 Å². The standard InChI is InChI=1S/C16H28N4/c1-4-6-14-9-13(11-17)10-16(18-14)20-8-7-19(3)15(5-2)12-20/h9-10,15H,4-8,11-12,17H2,1-3H3. The Balaban J connectivity index is 2.20. The van der Waals surface area contributed by atoms with Gasteiger partial charge in [-0.15, -0.1) is 0 Å². The van der Waals surface area contributed by atoms with Gasteiger partial charge in [-0.25, -0.2) is 4.98 Å². The Labute approximate surface area is 123 Å². The van der Waals surface area contributed by atoms with E-state index >= 15 is 0 Å². The summed E-state index contributed by atoms with van der Waals surface area (Å²) in [6, 6.07) is 4.94. The highest BCUT2D eigenvalue weighted by Gasteiger charge is 2.24. The number of anilines is 1. The fraction of sp³-hybridized carbons (Fsp3) is 0.688. The summed E-state index contributed by atoms with van der Waals surface area (Å²) in [7, 11) is 2.22. The van der Waals surface area contributed by atoms with Crippen molar-refractivity contribution < 1.29 is 0 Å². The molecule has 0 aliphatic carbocycles. The molecule has 0 amide bonds. The number of aromatic nitrogens is 1. The SMILES string of the molecule is CCCc1cc(CN)cc(N2CCN(C)C(CC)C2)n1. The van der Waals surface area contributed by atoms with E-state index in [4.69, 9.17) is 10.7 Å². The number of hydrogen-bond donors (Lipinski definition) is 1. The van der Waals surface area contributed by atoms with Crippen molar-refractivity contribution in [3.05, 3.63) is 23.4 Å². The van der Waals surface area contributed by atoms with Gasteiger partial charge in [-0.05, 0) is 37.6 Å². The van der Waals surface area contributed by atoms with E-state index in [0.29, 0.717) is 12.6 Å². The number of hydrogen-bond acceptors (Lipinski definition) is 4. The van der Waals surface area contributed by atoms with Gasteiger partial charge in [0.05, 0.1) is 0 Å². The molecule has 2 rings (SSSR count). The summed E-state index contributed by atoms with van der Waals surface area (Å²) in [4.78, 5) is 9.72. The van der Waals surface area contributed by atoms with Crippen LogP contribution in [-0.2, 0) is 13.0 Å². The molecule has 0 spiro atoms. The molecule has 2 heterocycles. The molecule has 1 atom stereocenters. The minimum Gasteiger partial charge on any atom is -0.354 e. The van der Waals surface area contributed by atoms with Gasteiger partial charge in [0.2, 0.25) is 0 Å². The molecule has 1 fully saturated rings. The van der Waals surface area contributed by atoms with Crippen molar-refractivity contribution in [2.45, 2.75) is 45.7 Å². The van der Waals surface area contributed by atoms with Crippen LogP contribution < -0.4 is 10.6 Å². The minimum atomic E-state index is 0.594. The Morgan fingerprint density at radius 2 is 2.10 bits per heavy atom. The molecule has 0 aromatic carbocycles. The zero-order chi connectivity index (χ0) is 14.5. The summed E-state index contributed by atoms with van der Waals surface area (Å²) in [5.74, 6) is 1.11. The van der Waals surface area contributed by atoms with Crippen LogP contribution in [0.1, 0.15) is 37.9 Å². The Bertz CT molecular complexity index is 432. The maximum absolute atomic E-state index is 5.83. The van der Waals surface area contributed by atoms with E-state index in [1.807, 2.05) is 0 Å². The average molecular weight is 276 g/mol. The predicted molar refractivity (Wildman–Crippen MR) is 85.0 cm³/mol. The molecule has 1 aromatic rings. The summed E-state index contributed by atoms with van der Waals surface area (Å²) in [6.07, 6.45) is 3.35. The Kier molecular flexibility index (Phi) is 5.38. The van der Waals surface area contributed by atoms with Crippen molar-refractivity contribution in [2.75, 3.05) is 31.6 Å².